The zero-order valence-electron chi connectivity index (χ0n) is 16.6. The maximum absolute atomic E-state index is 12.5. The van der Waals surface area contributed by atoms with Crippen molar-refractivity contribution in [3.05, 3.63) is 18.5 Å². The SMILES string of the molecule is CC(C)(C)OC(=O)C(C)(OC(=O)NC(=N)n1cccn1)OC(=O)C(C)(C)C. The van der Waals surface area contributed by atoms with Crippen LogP contribution in [0.15, 0.2) is 18.5 Å². The first-order valence-corrected chi connectivity index (χ1v) is 8.19. The zero-order valence-corrected chi connectivity index (χ0v) is 16.6. The van der Waals surface area contributed by atoms with Crippen molar-refractivity contribution in [2.45, 2.75) is 59.9 Å². The third-order valence-electron chi connectivity index (χ3n) is 2.91. The van der Waals surface area contributed by atoms with E-state index in [9.17, 15) is 14.4 Å². The molecule has 1 unspecified atom stereocenters. The summed E-state index contributed by atoms with van der Waals surface area (Å²) in [6.07, 6.45) is 1.65. The van der Waals surface area contributed by atoms with Gasteiger partial charge in [-0.25, -0.2) is 14.3 Å². The van der Waals surface area contributed by atoms with Crippen LogP contribution in [0.2, 0.25) is 0 Å². The summed E-state index contributed by atoms with van der Waals surface area (Å²) in [7, 11) is 0. The van der Waals surface area contributed by atoms with Crippen LogP contribution in [-0.4, -0.2) is 45.2 Å². The first-order chi connectivity index (χ1) is 12.1. The molecule has 0 aromatic carbocycles. The van der Waals surface area contributed by atoms with Crippen molar-refractivity contribution >= 4 is 24.0 Å². The Bertz CT molecular complexity index is 715. The summed E-state index contributed by atoms with van der Waals surface area (Å²) >= 11 is 0. The lowest BCUT2D eigenvalue weighted by Crippen LogP contribution is -2.52. The van der Waals surface area contributed by atoms with E-state index in [1.54, 1.807) is 47.6 Å². The standard InChI is InChI=1S/C17H26N4O6/c1-15(2,3)11(22)26-17(7,12(23)25-16(4,5)6)27-14(24)20-13(18)21-10-8-9-19-21/h8-10H,1-7H3,(H2,18,20,24). The predicted molar refractivity (Wildman–Crippen MR) is 94.8 cm³/mol. The number of ether oxygens (including phenoxy) is 3. The summed E-state index contributed by atoms with van der Waals surface area (Å²) in [5.41, 5.74) is -1.86. The highest BCUT2D eigenvalue weighted by molar-refractivity contribution is 5.94. The Morgan fingerprint density at radius 1 is 0.963 bits per heavy atom. The van der Waals surface area contributed by atoms with Gasteiger partial charge in [-0.15, -0.1) is 0 Å². The van der Waals surface area contributed by atoms with Crippen molar-refractivity contribution in [2.75, 3.05) is 0 Å². The Balaban J connectivity index is 2.99. The Hall–Kier alpha value is -2.91. The fourth-order valence-electron chi connectivity index (χ4n) is 1.56. The van der Waals surface area contributed by atoms with Crippen molar-refractivity contribution in [1.82, 2.24) is 15.1 Å². The number of carbonyl (C=O) groups excluding carboxylic acids is 3. The Morgan fingerprint density at radius 3 is 2.00 bits per heavy atom. The molecule has 10 heteroatoms. The van der Waals surface area contributed by atoms with Crippen molar-refractivity contribution in [1.29, 1.82) is 5.41 Å². The van der Waals surface area contributed by atoms with Crippen molar-refractivity contribution < 1.29 is 28.6 Å². The van der Waals surface area contributed by atoms with E-state index >= 15 is 0 Å². The molecule has 1 heterocycles. The smallest absolute Gasteiger partial charge is 0.417 e. The predicted octanol–water partition coefficient (Wildman–Crippen LogP) is 2.04. The molecule has 0 fully saturated rings. The lowest BCUT2D eigenvalue weighted by atomic mass is 9.97. The zero-order chi connectivity index (χ0) is 21.0. The summed E-state index contributed by atoms with van der Waals surface area (Å²) in [6, 6.07) is 1.55. The molecule has 0 aliphatic carbocycles. The van der Waals surface area contributed by atoms with Gasteiger partial charge in [0.15, 0.2) is 0 Å². The molecular formula is C17H26N4O6. The van der Waals surface area contributed by atoms with Gasteiger partial charge in [0.1, 0.15) is 5.60 Å². The van der Waals surface area contributed by atoms with Gasteiger partial charge in [-0.05, 0) is 47.6 Å². The molecule has 0 saturated carbocycles. The summed E-state index contributed by atoms with van der Waals surface area (Å²) in [6.45, 7) is 10.7. The van der Waals surface area contributed by atoms with E-state index in [2.05, 4.69) is 10.4 Å². The number of hydrogen-bond acceptors (Lipinski definition) is 8. The molecule has 1 amide bonds. The molecule has 27 heavy (non-hydrogen) atoms. The molecule has 0 spiro atoms. The van der Waals surface area contributed by atoms with Crippen LogP contribution in [0.3, 0.4) is 0 Å². The van der Waals surface area contributed by atoms with Crippen LogP contribution < -0.4 is 5.32 Å². The molecule has 1 aromatic heterocycles. The molecule has 0 aliphatic rings. The molecule has 150 valence electrons. The van der Waals surface area contributed by atoms with E-state index in [0.717, 1.165) is 11.6 Å². The minimum Gasteiger partial charge on any atom is -0.454 e. The van der Waals surface area contributed by atoms with Crippen molar-refractivity contribution in [2.24, 2.45) is 5.41 Å². The lowest BCUT2D eigenvalue weighted by molar-refractivity contribution is -0.231. The molecule has 1 rings (SSSR count). The molecule has 0 bridgehead atoms. The summed E-state index contributed by atoms with van der Waals surface area (Å²) in [5.74, 6) is -4.59. The highest BCUT2D eigenvalue weighted by Gasteiger charge is 2.47. The molecule has 0 saturated heterocycles. The van der Waals surface area contributed by atoms with Crippen molar-refractivity contribution in [3.63, 3.8) is 0 Å². The van der Waals surface area contributed by atoms with Gasteiger partial charge in [-0.1, -0.05) is 0 Å². The fourth-order valence-corrected chi connectivity index (χ4v) is 1.56. The summed E-state index contributed by atoms with van der Waals surface area (Å²) in [5, 5.41) is 13.6. The number of carbonyl (C=O) groups is 3. The van der Waals surface area contributed by atoms with Gasteiger partial charge in [0.25, 0.3) is 0 Å². The Morgan fingerprint density at radius 2 is 1.56 bits per heavy atom. The van der Waals surface area contributed by atoms with Crippen LogP contribution in [0.25, 0.3) is 0 Å². The average Bonchev–Trinajstić information content (AvgIpc) is 2.97. The minimum atomic E-state index is -2.34. The van der Waals surface area contributed by atoms with Gasteiger partial charge in [0.2, 0.25) is 5.96 Å². The second-order valence-corrected chi connectivity index (χ2v) is 7.90. The van der Waals surface area contributed by atoms with Gasteiger partial charge < -0.3 is 14.2 Å². The highest BCUT2D eigenvalue weighted by Crippen LogP contribution is 2.25. The van der Waals surface area contributed by atoms with Gasteiger partial charge in [-0.2, -0.15) is 5.10 Å². The number of nitrogens with one attached hydrogen (secondary N) is 2. The molecular weight excluding hydrogens is 356 g/mol. The van der Waals surface area contributed by atoms with Gasteiger partial charge >= 0.3 is 23.8 Å². The number of nitrogens with zero attached hydrogens (tertiary/aromatic N) is 2. The molecule has 10 nitrogen and oxygen atoms in total. The average molecular weight is 382 g/mol. The Labute approximate surface area is 157 Å². The largest absolute Gasteiger partial charge is 0.454 e. The fraction of sp³-hybridized carbons (Fsp3) is 0.588. The number of aromatic nitrogens is 2. The van der Waals surface area contributed by atoms with E-state index < -0.39 is 40.8 Å². The number of hydrogen-bond donors (Lipinski definition) is 2. The molecule has 0 aliphatic heterocycles. The highest BCUT2D eigenvalue weighted by atomic mass is 16.8. The first kappa shape index (κ1) is 22.1. The van der Waals surface area contributed by atoms with Crippen LogP contribution in [0, 0.1) is 10.8 Å². The van der Waals surface area contributed by atoms with Crippen molar-refractivity contribution in [3.8, 4) is 0 Å². The maximum atomic E-state index is 12.5. The van der Waals surface area contributed by atoms with E-state index in [1.807, 2.05) is 0 Å². The molecule has 0 radical (unpaired) electrons. The lowest BCUT2D eigenvalue weighted by Gasteiger charge is -2.32. The second kappa shape index (κ2) is 7.77. The van der Waals surface area contributed by atoms with Crippen LogP contribution >= 0.6 is 0 Å². The van der Waals surface area contributed by atoms with Gasteiger partial charge in [-0.3, -0.25) is 15.5 Å². The number of amides is 1. The second-order valence-electron chi connectivity index (χ2n) is 7.90. The van der Waals surface area contributed by atoms with Crippen LogP contribution in [0.1, 0.15) is 48.5 Å². The Kier molecular flexibility index (Phi) is 6.37. The van der Waals surface area contributed by atoms with E-state index in [4.69, 9.17) is 19.6 Å². The monoisotopic (exact) mass is 382 g/mol. The number of alkyl carbamates (subject to hydrolysis) is 1. The van der Waals surface area contributed by atoms with Crippen LogP contribution in [0.5, 0.6) is 0 Å². The first-order valence-electron chi connectivity index (χ1n) is 8.19. The number of esters is 2. The maximum Gasteiger partial charge on any atom is 0.417 e. The topological polar surface area (TPSA) is 133 Å². The number of rotatable bonds is 3. The summed E-state index contributed by atoms with van der Waals surface area (Å²) in [4.78, 5) is 36.9. The minimum absolute atomic E-state index is 0.418. The molecule has 1 aromatic rings. The van der Waals surface area contributed by atoms with E-state index in [1.165, 1.54) is 12.4 Å². The van der Waals surface area contributed by atoms with E-state index in [-0.39, 0.29) is 0 Å². The van der Waals surface area contributed by atoms with Crippen LogP contribution in [-0.2, 0) is 23.8 Å². The summed E-state index contributed by atoms with van der Waals surface area (Å²) < 4.78 is 16.5. The third kappa shape index (κ3) is 6.72. The third-order valence-corrected chi connectivity index (χ3v) is 2.91. The van der Waals surface area contributed by atoms with E-state index in [0.29, 0.717) is 0 Å². The molecule has 1 atom stereocenters. The van der Waals surface area contributed by atoms with Gasteiger partial charge in [0.05, 0.1) is 5.41 Å². The van der Waals surface area contributed by atoms with Gasteiger partial charge in [0, 0.05) is 19.3 Å². The van der Waals surface area contributed by atoms with Crippen LogP contribution in [0.4, 0.5) is 4.79 Å². The quantitative estimate of drug-likeness (QED) is 0.354. The molecule has 2 N–H and O–H groups in total. The normalized spacial score (nSPS) is 13.9.